The van der Waals surface area contributed by atoms with Gasteiger partial charge in [0.2, 0.25) is 0 Å². The van der Waals surface area contributed by atoms with Crippen molar-refractivity contribution >= 4 is 17.7 Å². The number of ether oxygens (including phenoxy) is 2. The average molecular weight is 330 g/mol. The molecule has 0 N–H and O–H groups in total. The Morgan fingerprint density at radius 2 is 1.74 bits per heavy atom. The van der Waals surface area contributed by atoms with Crippen LogP contribution in [0.5, 0.6) is 0 Å². The molecule has 122 valence electrons. The number of methoxy groups -OCH3 is 1. The van der Waals surface area contributed by atoms with E-state index in [4.69, 9.17) is 9.47 Å². The molecule has 2 aromatic rings. The average Bonchev–Trinajstić information content (AvgIpc) is 2.57. The molecular formula is C19H22O3S. The standard InChI is InChI=1S/C19H22O3S/c1-14-9-11-17(12-10-14)23-15(2)13-22-19(20)18(21-3)16-7-5-4-6-8-16/h4-12,15,18H,13H2,1-3H3/t15-,18-/m1/s1. The molecule has 0 aromatic heterocycles. The maximum absolute atomic E-state index is 12.2. The van der Waals surface area contributed by atoms with Crippen molar-refractivity contribution in [2.75, 3.05) is 13.7 Å². The van der Waals surface area contributed by atoms with Crippen LogP contribution in [0.2, 0.25) is 0 Å². The van der Waals surface area contributed by atoms with Crippen LogP contribution in [0.25, 0.3) is 0 Å². The smallest absolute Gasteiger partial charge is 0.339 e. The third kappa shape index (κ3) is 5.41. The van der Waals surface area contributed by atoms with E-state index in [1.54, 1.807) is 11.8 Å². The van der Waals surface area contributed by atoms with Crippen LogP contribution >= 0.6 is 11.8 Å². The van der Waals surface area contributed by atoms with E-state index in [9.17, 15) is 4.79 Å². The van der Waals surface area contributed by atoms with Crippen LogP contribution < -0.4 is 0 Å². The van der Waals surface area contributed by atoms with Crippen molar-refractivity contribution < 1.29 is 14.3 Å². The Kier molecular flexibility index (Phi) is 6.68. The van der Waals surface area contributed by atoms with E-state index in [1.807, 2.05) is 37.3 Å². The van der Waals surface area contributed by atoms with E-state index in [1.165, 1.54) is 17.6 Å². The minimum Gasteiger partial charge on any atom is -0.462 e. The molecule has 0 aliphatic heterocycles. The summed E-state index contributed by atoms with van der Waals surface area (Å²) in [6, 6.07) is 17.7. The Hall–Kier alpha value is -1.78. The van der Waals surface area contributed by atoms with E-state index < -0.39 is 6.10 Å². The van der Waals surface area contributed by atoms with Crippen LogP contribution in [0.3, 0.4) is 0 Å². The van der Waals surface area contributed by atoms with Crippen molar-refractivity contribution in [1.82, 2.24) is 0 Å². The maximum Gasteiger partial charge on any atom is 0.339 e. The van der Waals surface area contributed by atoms with E-state index in [2.05, 4.69) is 31.2 Å². The molecule has 0 radical (unpaired) electrons. The Labute approximate surface area is 142 Å². The number of hydrogen-bond donors (Lipinski definition) is 0. The third-order valence-electron chi connectivity index (χ3n) is 3.37. The molecule has 0 saturated heterocycles. The van der Waals surface area contributed by atoms with Gasteiger partial charge in [0.25, 0.3) is 0 Å². The van der Waals surface area contributed by atoms with Gasteiger partial charge in [0.15, 0.2) is 6.10 Å². The largest absolute Gasteiger partial charge is 0.462 e. The molecule has 2 rings (SSSR count). The van der Waals surface area contributed by atoms with Crippen molar-refractivity contribution in [1.29, 1.82) is 0 Å². The number of esters is 1. The molecule has 0 heterocycles. The first-order valence-corrected chi connectivity index (χ1v) is 8.46. The summed E-state index contributed by atoms with van der Waals surface area (Å²) in [5, 5.41) is 0.176. The number of carbonyl (C=O) groups excluding carboxylic acids is 1. The van der Waals surface area contributed by atoms with Gasteiger partial charge in [-0.05, 0) is 31.5 Å². The number of thioether (sulfide) groups is 1. The number of rotatable bonds is 7. The van der Waals surface area contributed by atoms with Gasteiger partial charge in [-0.2, -0.15) is 0 Å². The molecule has 0 amide bonds. The fourth-order valence-electron chi connectivity index (χ4n) is 2.15. The minimum atomic E-state index is -0.673. The predicted molar refractivity (Wildman–Crippen MR) is 93.6 cm³/mol. The van der Waals surface area contributed by atoms with E-state index >= 15 is 0 Å². The highest BCUT2D eigenvalue weighted by Crippen LogP contribution is 2.24. The summed E-state index contributed by atoms with van der Waals surface area (Å²) in [7, 11) is 1.52. The summed E-state index contributed by atoms with van der Waals surface area (Å²) in [5.74, 6) is -0.352. The monoisotopic (exact) mass is 330 g/mol. The van der Waals surface area contributed by atoms with Crippen molar-refractivity contribution in [2.24, 2.45) is 0 Å². The lowest BCUT2D eigenvalue weighted by molar-refractivity contribution is -0.155. The van der Waals surface area contributed by atoms with Gasteiger partial charge in [0, 0.05) is 17.3 Å². The van der Waals surface area contributed by atoms with Crippen LogP contribution in [0.1, 0.15) is 24.2 Å². The van der Waals surface area contributed by atoms with Crippen molar-refractivity contribution in [3.63, 3.8) is 0 Å². The van der Waals surface area contributed by atoms with Gasteiger partial charge >= 0.3 is 5.97 Å². The van der Waals surface area contributed by atoms with Gasteiger partial charge in [-0.1, -0.05) is 48.0 Å². The number of aryl methyl sites for hydroxylation is 1. The van der Waals surface area contributed by atoms with Crippen LogP contribution in [0, 0.1) is 6.92 Å². The number of hydrogen-bond acceptors (Lipinski definition) is 4. The highest BCUT2D eigenvalue weighted by Gasteiger charge is 2.22. The van der Waals surface area contributed by atoms with Crippen LogP contribution in [0.4, 0.5) is 0 Å². The molecule has 23 heavy (non-hydrogen) atoms. The first-order valence-electron chi connectivity index (χ1n) is 7.58. The fourth-order valence-corrected chi connectivity index (χ4v) is 3.05. The second kappa shape index (κ2) is 8.75. The predicted octanol–water partition coefficient (Wildman–Crippen LogP) is 4.41. The Morgan fingerprint density at radius 1 is 1.09 bits per heavy atom. The summed E-state index contributed by atoms with van der Waals surface area (Å²) in [6.45, 7) is 4.46. The molecule has 0 unspecified atom stereocenters. The molecule has 3 nitrogen and oxygen atoms in total. The highest BCUT2D eigenvalue weighted by molar-refractivity contribution is 8.00. The van der Waals surface area contributed by atoms with Crippen LogP contribution in [-0.2, 0) is 14.3 Å². The lowest BCUT2D eigenvalue weighted by atomic mass is 10.1. The highest BCUT2D eigenvalue weighted by atomic mass is 32.2. The van der Waals surface area contributed by atoms with Gasteiger partial charge in [-0.25, -0.2) is 4.79 Å². The van der Waals surface area contributed by atoms with E-state index in [-0.39, 0.29) is 11.2 Å². The molecule has 0 fully saturated rings. The van der Waals surface area contributed by atoms with Crippen molar-refractivity contribution in [3.05, 3.63) is 65.7 Å². The molecule has 0 aliphatic rings. The molecule has 4 heteroatoms. The number of benzene rings is 2. The molecule has 0 saturated carbocycles. The van der Waals surface area contributed by atoms with Crippen molar-refractivity contribution in [3.8, 4) is 0 Å². The summed E-state index contributed by atoms with van der Waals surface area (Å²) >= 11 is 1.69. The molecule has 2 aromatic carbocycles. The second-order valence-electron chi connectivity index (χ2n) is 5.40. The molecule has 0 aliphatic carbocycles. The van der Waals surface area contributed by atoms with E-state index in [0.717, 1.165) is 5.56 Å². The van der Waals surface area contributed by atoms with Gasteiger partial charge in [-0.3, -0.25) is 0 Å². The first-order chi connectivity index (χ1) is 11.1. The van der Waals surface area contributed by atoms with Crippen molar-refractivity contribution in [2.45, 2.75) is 30.1 Å². The quantitative estimate of drug-likeness (QED) is 0.556. The Balaban J connectivity index is 1.86. The molecule has 0 spiro atoms. The zero-order chi connectivity index (χ0) is 16.7. The van der Waals surface area contributed by atoms with Crippen LogP contribution in [0.15, 0.2) is 59.5 Å². The zero-order valence-electron chi connectivity index (χ0n) is 13.7. The lowest BCUT2D eigenvalue weighted by Gasteiger charge is -2.17. The third-order valence-corrected chi connectivity index (χ3v) is 4.45. The fraction of sp³-hybridized carbons (Fsp3) is 0.316. The zero-order valence-corrected chi connectivity index (χ0v) is 14.5. The maximum atomic E-state index is 12.2. The second-order valence-corrected chi connectivity index (χ2v) is 6.91. The molecular weight excluding hydrogens is 308 g/mol. The molecule has 2 atom stereocenters. The number of carbonyl (C=O) groups is 1. The van der Waals surface area contributed by atoms with E-state index in [0.29, 0.717) is 6.61 Å². The van der Waals surface area contributed by atoms with Crippen LogP contribution in [-0.4, -0.2) is 24.9 Å². The summed E-state index contributed by atoms with van der Waals surface area (Å²) in [5.41, 5.74) is 2.04. The normalized spacial score (nSPS) is 13.3. The summed E-state index contributed by atoms with van der Waals surface area (Å²) < 4.78 is 10.7. The summed E-state index contributed by atoms with van der Waals surface area (Å²) in [4.78, 5) is 13.4. The first kappa shape index (κ1) is 17.6. The summed E-state index contributed by atoms with van der Waals surface area (Å²) in [6.07, 6.45) is -0.673. The topological polar surface area (TPSA) is 35.5 Å². The van der Waals surface area contributed by atoms with Gasteiger partial charge < -0.3 is 9.47 Å². The SMILES string of the molecule is CO[C@@H](C(=O)OC[C@@H](C)Sc1ccc(C)cc1)c1ccccc1. The van der Waals surface area contributed by atoms with Gasteiger partial charge in [-0.15, -0.1) is 11.8 Å². The Bertz CT molecular complexity index is 610. The molecule has 0 bridgehead atoms. The van der Waals surface area contributed by atoms with Gasteiger partial charge in [0.1, 0.15) is 6.61 Å². The van der Waals surface area contributed by atoms with Gasteiger partial charge in [0.05, 0.1) is 0 Å². The lowest BCUT2D eigenvalue weighted by Crippen LogP contribution is -2.21. The minimum absolute atomic E-state index is 0.176. The Morgan fingerprint density at radius 3 is 2.35 bits per heavy atom.